The van der Waals surface area contributed by atoms with Gasteiger partial charge in [0.2, 0.25) is 0 Å². The highest BCUT2D eigenvalue weighted by molar-refractivity contribution is 5.51. The first-order valence-corrected chi connectivity index (χ1v) is 4.82. The molecule has 0 bridgehead atoms. The van der Waals surface area contributed by atoms with E-state index in [9.17, 15) is 0 Å². The second-order valence-corrected chi connectivity index (χ2v) is 4.35. The molecule has 0 amide bonds. The Kier molecular flexibility index (Phi) is 2.65. The van der Waals surface area contributed by atoms with Crippen LogP contribution in [0.2, 0.25) is 0 Å². The van der Waals surface area contributed by atoms with Crippen molar-refractivity contribution in [3.63, 3.8) is 0 Å². The van der Waals surface area contributed by atoms with Crippen LogP contribution in [-0.4, -0.2) is 4.57 Å². The molecule has 0 aromatic carbocycles. The van der Waals surface area contributed by atoms with Crippen molar-refractivity contribution in [1.29, 1.82) is 0 Å². The smallest absolute Gasteiger partial charge is 0.0438 e. The molecule has 0 unspecified atom stereocenters. The Morgan fingerprint density at radius 2 is 2.08 bits per heavy atom. The predicted molar refractivity (Wildman–Crippen MR) is 58.9 cm³/mol. The lowest BCUT2D eigenvalue weighted by atomic mass is 9.87. The van der Waals surface area contributed by atoms with Gasteiger partial charge in [-0.2, -0.15) is 0 Å². The number of hydrogen-bond donors (Lipinski definition) is 0. The first kappa shape index (κ1) is 10.1. The van der Waals surface area contributed by atoms with Crippen LogP contribution in [0.3, 0.4) is 0 Å². The van der Waals surface area contributed by atoms with Crippen LogP contribution < -0.4 is 0 Å². The van der Waals surface area contributed by atoms with Gasteiger partial charge in [-0.05, 0) is 30.0 Å². The van der Waals surface area contributed by atoms with Gasteiger partial charge >= 0.3 is 0 Å². The maximum absolute atomic E-state index is 3.87. The van der Waals surface area contributed by atoms with Crippen molar-refractivity contribution in [3.8, 4) is 0 Å². The van der Waals surface area contributed by atoms with Gasteiger partial charge < -0.3 is 4.57 Å². The molecular formula is C12H19N. The van der Waals surface area contributed by atoms with E-state index in [0.717, 1.165) is 6.54 Å². The number of nitrogens with zero attached hydrogens (tertiary/aromatic N) is 1. The second kappa shape index (κ2) is 3.41. The van der Waals surface area contributed by atoms with Crippen molar-refractivity contribution in [3.05, 3.63) is 30.1 Å². The van der Waals surface area contributed by atoms with Crippen molar-refractivity contribution >= 4 is 6.08 Å². The van der Waals surface area contributed by atoms with E-state index in [-0.39, 0.29) is 5.41 Å². The molecule has 1 aromatic heterocycles. The zero-order valence-electron chi connectivity index (χ0n) is 9.09. The SMILES string of the molecule is C=Cc1c(C(C)(C)C)ccn1CC. The molecule has 1 nitrogen and oxygen atoms in total. The fraction of sp³-hybridized carbons (Fsp3) is 0.500. The Hall–Kier alpha value is -0.980. The minimum absolute atomic E-state index is 0.212. The van der Waals surface area contributed by atoms with E-state index in [4.69, 9.17) is 0 Å². The third-order valence-electron chi connectivity index (χ3n) is 2.35. The number of aryl methyl sites for hydroxylation is 1. The van der Waals surface area contributed by atoms with Crippen molar-refractivity contribution < 1.29 is 0 Å². The summed E-state index contributed by atoms with van der Waals surface area (Å²) in [5.74, 6) is 0. The molecule has 0 radical (unpaired) electrons. The summed E-state index contributed by atoms with van der Waals surface area (Å²) < 4.78 is 2.23. The van der Waals surface area contributed by atoms with Gasteiger partial charge in [0.1, 0.15) is 0 Å². The predicted octanol–water partition coefficient (Wildman–Crippen LogP) is 3.45. The van der Waals surface area contributed by atoms with E-state index >= 15 is 0 Å². The molecule has 1 heteroatoms. The molecule has 0 N–H and O–H groups in total. The van der Waals surface area contributed by atoms with E-state index in [1.165, 1.54) is 11.3 Å². The zero-order chi connectivity index (χ0) is 10.1. The highest BCUT2D eigenvalue weighted by Gasteiger charge is 2.18. The summed E-state index contributed by atoms with van der Waals surface area (Å²) in [7, 11) is 0. The van der Waals surface area contributed by atoms with E-state index in [2.05, 4.69) is 51.1 Å². The van der Waals surface area contributed by atoms with Crippen LogP contribution in [0, 0.1) is 0 Å². The van der Waals surface area contributed by atoms with Gasteiger partial charge in [-0.25, -0.2) is 0 Å². The summed E-state index contributed by atoms with van der Waals surface area (Å²) in [6, 6.07) is 2.19. The second-order valence-electron chi connectivity index (χ2n) is 4.35. The van der Waals surface area contributed by atoms with Crippen LogP contribution >= 0.6 is 0 Å². The van der Waals surface area contributed by atoms with Gasteiger partial charge in [0.05, 0.1) is 0 Å². The average Bonchev–Trinajstić information content (AvgIpc) is 2.45. The molecule has 0 saturated carbocycles. The number of hydrogen-bond acceptors (Lipinski definition) is 0. The normalized spacial score (nSPS) is 11.7. The van der Waals surface area contributed by atoms with Crippen molar-refractivity contribution in [1.82, 2.24) is 4.57 Å². The Balaban J connectivity index is 3.23. The molecule has 1 heterocycles. The van der Waals surface area contributed by atoms with Crippen molar-refractivity contribution in [2.75, 3.05) is 0 Å². The Labute approximate surface area is 81.1 Å². The third-order valence-corrected chi connectivity index (χ3v) is 2.35. The standard InChI is InChI=1S/C12H19N/c1-6-11-10(12(3,4)5)8-9-13(11)7-2/h6,8-9H,1,7H2,2-5H3. The van der Waals surface area contributed by atoms with Crippen molar-refractivity contribution in [2.24, 2.45) is 0 Å². The summed E-state index contributed by atoms with van der Waals surface area (Å²) in [6.07, 6.45) is 4.08. The van der Waals surface area contributed by atoms with Crippen molar-refractivity contribution in [2.45, 2.75) is 39.7 Å². The molecule has 1 aromatic rings. The molecule has 0 aliphatic carbocycles. The van der Waals surface area contributed by atoms with Crippen LogP contribution in [0.4, 0.5) is 0 Å². The molecular weight excluding hydrogens is 158 g/mol. The van der Waals surface area contributed by atoms with Gasteiger partial charge in [-0.15, -0.1) is 0 Å². The molecule has 13 heavy (non-hydrogen) atoms. The maximum Gasteiger partial charge on any atom is 0.0438 e. The summed E-state index contributed by atoms with van der Waals surface area (Å²) in [4.78, 5) is 0. The van der Waals surface area contributed by atoms with Gasteiger partial charge in [-0.1, -0.05) is 27.4 Å². The summed E-state index contributed by atoms with van der Waals surface area (Å²) in [5.41, 5.74) is 2.85. The lowest BCUT2D eigenvalue weighted by Gasteiger charge is -2.19. The molecule has 72 valence electrons. The largest absolute Gasteiger partial charge is 0.348 e. The first-order chi connectivity index (χ1) is 6.00. The fourth-order valence-electron chi connectivity index (χ4n) is 1.62. The molecule has 0 aliphatic heterocycles. The number of aromatic nitrogens is 1. The highest BCUT2D eigenvalue weighted by atomic mass is 15.0. The Morgan fingerprint density at radius 1 is 1.46 bits per heavy atom. The topological polar surface area (TPSA) is 4.93 Å². The summed E-state index contributed by atoms with van der Waals surface area (Å²) in [5, 5.41) is 0. The molecule has 0 aliphatic rings. The zero-order valence-corrected chi connectivity index (χ0v) is 9.09. The van der Waals surface area contributed by atoms with E-state index in [0.29, 0.717) is 0 Å². The lowest BCUT2D eigenvalue weighted by Crippen LogP contribution is -2.12. The van der Waals surface area contributed by atoms with Crippen LogP contribution in [-0.2, 0) is 12.0 Å². The monoisotopic (exact) mass is 177 g/mol. The van der Waals surface area contributed by atoms with Gasteiger partial charge in [0.15, 0.2) is 0 Å². The van der Waals surface area contributed by atoms with Crippen LogP contribution in [0.15, 0.2) is 18.8 Å². The molecule has 0 atom stereocenters. The highest BCUT2D eigenvalue weighted by Crippen LogP contribution is 2.27. The quantitative estimate of drug-likeness (QED) is 0.652. The minimum Gasteiger partial charge on any atom is -0.348 e. The molecule has 0 fully saturated rings. The van der Waals surface area contributed by atoms with E-state index in [1.54, 1.807) is 0 Å². The first-order valence-electron chi connectivity index (χ1n) is 4.82. The van der Waals surface area contributed by atoms with Gasteiger partial charge in [0, 0.05) is 18.4 Å². The Morgan fingerprint density at radius 3 is 2.46 bits per heavy atom. The van der Waals surface area contributed by atoms with Crippen LogP contribution in [0.5, 0.6) is 0 Å². The van der Waals surface area contributed by atoms with Crippen LogP contribution in [0.1, 0.15) is 39.0 Å². The van der Waals surface area contributed by atoms with Crippen LogP contribution in [0.25, 0.3) is 6.08 Å². The average molecular weight is 177 g/mol. The third kappa shape index (κ3) is 1.85. The van der Waals surface area contributed by atoms with E-state index in [1.807, 2.05) is 6.08 Å². The van der Waals surface area contributed by atoms with E-state index < -0.39 is 0 Å². The van der Waals surface area contributed by atoms with Gasteiger partial charge in [0.25, 0.3) is 0 Å². The fourth-order valence-corrected chi connectivity index (χ4v) is 1.62. The Bertz CT molecular complexity index is 299. The maximum atomic E-state index is 3.87. The van der Waals surface area contributed by atoms with Gasteiger partial charge in [-0.3, -0.25) is 0 Å². The molecule has 0 spiro atoms. The number of rotatable bonds is 2. The molecule has 0 saturated heterocycles. The summed E-state index contributed by atoms with van der Waals surface area (Å²) in [6.45, 7) is 13.7. The molecule has 1 rings (SSSR count). The lowest BCUT2D eigenvalue weighted by molar-refractivity contribution is 0.585. The summed E-state index contributed by atoms with van der Waals surface area (Å²) >= 11 is 0. The minimum atomic E-state index is 0.212.